The van der Waals surface area contributed by atoms with Crippen molar-refractivity contribution >= 4 is 17.8 Å². The van der Waals surface area contributed by atoms with Crippen molar-refractivity contribution in [3.8, 4) is 5.75 Å². The third kappa shape index (κ3) is 3.19. The van der Waals surface area contributed by atoms with Crippen LogP contribution in [0, 0.1) is 10.1 Å². The van der Waals surface area contributed by atoms with Crippen LogP contribution in [-0.2, 0) is 0 Å². The fourth-order valence-electron chi connectivity index (χ4n) is 1.73. The minimum Gasteiger partial charge on any atom is -0.497 e. The van der Waals surface area contributed by atoms with Crippen LogP contribution in [0.4, 0.5) is 5.69 Å². The van der Waals surface area contributed by atoms with E-state index in [9.17, 15) is 10.1 Å². The van der Waals surface area contributed by atoms with Crippen LogP contribution in [0.3, 0.4) is 0 Å². The standard InChI is InChI=1S/C15H13NO3/c1-19-14-7-4-5-12(11-14)9-10-13-6-2-3-8-15(13)16(17)18/h2-11H,1H3/b10-9+. The molecule has 0 amide bonds. The highest BCUT2D eigenvalue weighted by Gasteiger charge is 2.08. The first-order chi connectivity index (χ1) is 9.20. The molecule has 0 heterocycles. The van der Waals surface area contributed by atoms with E-state index in [0.717, 1.165) is 11.3 Å². The van der Waals surface area contributed by atoms with Crippen molar-refractivity contribution in [1.29, 1.82) is 0 Å². The highest BCUT2D eigenvalue weighted by atomic mass is 16.6. The molecule has 2 rings (SSSR count). The van der Waals surface area contributed by atoms with Gasteiger partial charge in [-0.25, -0.2) is 0 Å². The Bertz CT molecular complexity index is 620. The van der Waals surface area contributed by atoms with Crippen molar-refractivity contribution in [3.63, 3.8) is 0 Å². The van der Waals surface area contributed by atoms with Crippen LogP contribution in [-0.4, -0.2) is 12.0 Å². The highest BCUT2D eigenvalue weighted by molar-refractivity contribution is 5.74. The zero-order chi connectivity index (χ0) is 13.7. The molecule has 2 aromatic rings. The molecule has 0 N–H and O–H groups in total. The van der Waals surface area contributed by atoms with E-state index in [0.29, 0.717) is 5.56 Å². The minimum absolute atomic E-state index is 0.0987. The zero-order valence-corrected chi connectivity index (χ0v) is 10.4. The number of hydrogen-bond acceptors (Lipinski definition) is 3. The smallest absolute Gasteiger partial charge is 0.276 e. The number of rotatable bonds is 4. The summed E-state index contributed by atoms with van der Waals surface area (Å²) < 4.78 is 5.13. The topological polar surface area (TPSA) is 52.4 Å². The molecule has 0 unspecified atom stereocenters. The predicted molar refractivity (Wildman–Crippen MR) is 75.0 cm³/mol. The molecule has 4 heteroatoms. The van der Waals surface area contributed by atoms with E-state index in [2.05, 4.69) is 0 Å². The Balaban J connectivity index is 2.30. The van der Waals surface area contributed by atoms with E-state index in [4.69, 9.17) is 4.74 Å². The molecule has 0 aliphatic heterocycles. The first kappa shape index (κ1) is 12.8. The van der Waals surface area contributed by atoms with Gasteiger partial charge in [-0.3, -0.25) is 10.1 Å². The van der Waals surface area contributed by atoms with Crippen LogP contribution < -0.4 is 4.74 Å². The van der Waals surface area contributed by atoms with Crippen molar-refractivity contribution in [2.45, 2.75) is 0 Å². The maximum absolute atomic E-state index is 10.9. The van der Waals surface area contributed by atoms with Crippen molar-refractivity contribution in [2.24, 2.45) is 0 Å². The van der Waals surface area contributed by atoms with Crippen LogP contribution >= 0.6 is 0 Å². The largest absolute Gasteiger partial charge is 0.497 e. The third-order valence-corrected chi connectivity index (χ3v) is 2.68. The molecule has 2 aromatic carbocycles. The van der Waals surface area contributed by atoms with Crippen LogP contribution in [0.5, 0.6) is 5.75 Å². The van der Waals surface area contributed by atoms with Gasteiger partial charge in [-0.2, -0.15) is 0 Å². The summed E-state index contributed by atoms with van der Waals surface area (Å²) in [7, 11) is 1.60. The fourth-order valence-corrected chi connectivity index (χ4v) is 1.73. The van der Waals surface area contributed by atoms with Gasteiger partial charge >= 0.3 is 0 Å². The quantitative estimate of drug-likeness (QED) is 0.474. The number of para-hydroxylation sites is 1. The normalized spacial score (nSPS) is 10.6. The molecular formula is C15H13NO3. The van der Waals surface area contributed by atoms with E-state index in [1.54, 1.807) is 31.4 Å². The van der Waals surface area contributed by atoms with Crippen LogP contribution in [0.2, 0.25) is 0 Å². The lowest BCUT2D eigenvalue weighted by Crippen LogP contribution is -1.90. The summed E-state index contributed by atoms with van der Waals surface area (Å²) in [5.41, 5.74) is 1.61. The summed E-state index contributed by atoms with van der Waals surface area (Å²) in [5, 5.41) is 10.9. The SMILES string of the molecule is COc1cccc(/C=C/c2ccccc2[N+](=O)[O-])c1. The molecule has 0 aliphatic rings. The number of methoxy groups -OCH3 is 1. The first-order valence-electron chi connectivity index (χ1n) is 5.76. The molecule has 0 radical (unpaired) electrons. The number of hydrogen-bond donors (Lipinski definition) is 0. The summed E-state index contributed by atoms with van der Waals surface area (Å²) in [6.07, 6.45) is 3.55. The van der Waals surface area contributed by atoms with Gasteiger partial charge in [0.2, 0.25) is 0 Å². The second-order valence-corrected chi connectivity index (χ2v) is 3.93. The van der Waals surface area contributed by atoms with Gasteiger partial charge in [0.05, 0.1) is 17.6 Å². The first-order valence-corrected chi connectivity index (χ1v) is 5.76. The Morgan fingerprint density at radius 2 is 1.89 bits per heavy atom. The second kappa shape index (κ2) is 5.82. The van der Waals surface area contributed by atoms with Gasteiger partial charge in [0.15, 0.2) is 0 Å². The average Bonchev–Trinajstić information content (AvgIpc) is 2.45. The Morgan fingerprint density at radius 1 is 1.11 bits per heavy atom. The molecule has 0 saturated carbocycles. The Labute approximate surface area is 111 Å². The molecule has 0 atom stereocenters. The molecule has 0 aliphatic carbocycles. The van der Waals surface area contributed by atoms with E-state index in [1.807, 2.05) is 30.3 Å². The maximum Gasteiger partial charge on any atom is 0.276 e. The Hall–Kier alpha value is -2.62. The van der Waals surface area contributed by atoms with Crippen molar-refractivity contribution < 1.29 is 9.66 Å². The van der Waals surface area contributed by atoms with Gasteiger partial charge in [0.25, 0.3) is 5.69 Å². The molecule has 4 nitrogen and oxygen atoms in total. The van der Waals surface area contributed by atoms with Gasteiger partial charge in [-0.1, -0.05) is 30.3 Å². The fraction of sp³-hybridized carbons (Fsp3) is 0.0667. The summed E-state index contributed by atoms with van der Waals surface area (Å²) in [6.45, 7) is 0. The maximum atomic E-state index is 10.9. The van der Waals surface area contributed by atoms with Gasteiger partial charge in [0.1, 0.15) is 5.75 Å². The van der Waals surface area contributed by atoms with Gasteiger partial charge in [-0.05, 0) is 29.8 Å². The molecule has 0 spiro atoms. The summed E-state index contributed by atoms with van der Waals surface area (Å²) in [5.74, 6) is 0.754. The summed E-state index contributed by atoms with van der Waals surface area (Å²) >= 11 is 0. The summed E-state index contributed by atoms with van der Waals surface area (Å²) in [6, 6.07) is 14.1. The Morgan fingerprint density at radius 3 is 2.63 bits per heavy atom. The lowest BCUT2D eigenvalue weighted by Gasteiger charge is -2.00. The monoisotopic (exact) mass is 255 g/mol. The van der Waals surface area contributed by atoms with E-state index >= 15 is 0 Å². The van der Waals surface area contributed by atoms with Crippen molar-refractivity contribution in [2.75, 3.05) is 7.11 Å². The van der Waals surface area contributed by atoms with Crippen LogP contribution in [0.15, 0.2) is 48.5 Å². The van der Waals surface area contributed by atoms with Crippen LogP contribution in [0.25, 0.3) is 12.2 Å². The molecule has 0 aromatic heterocycles. The molecule has 0 fully saturated rings. The molecule has 19 heavy (non-hydrogen) atoms. The van der Waals surface area contributed by atoms with Crippen molar-refractivity contribution in [3.05, 3.63) is 69.8 Å². The highest BCUT2D eigenvalue weighted by Crippen LogP contribution is 2.21. The summed E-state index contributed by atoms with van der Waals surface area (Å²) in [4.78, 5) is 10.5. The van der Waals surface area contributed by atoms with Gasteiger partial charge in [0, 0.05) is 6.07 Å². The Kier molecular flexibility index (Phi) is 3.93. The third-order valence-electron chi connectivity index (χ3n) is 2.68. The zero-order valence-electron chi connectivity index (χ0n) is 10.4. The average molecular weight is 255 g/mol. The molecule has 0 saturated heterocycles. The number of nitro benzene ring substituents is 1. The number of benzene rings is 2. The predicted octanol–water partition coefficient (Wildman–Crippen LogP) is 3.77. The number of ether oxygens (including phenoxy) is 1. The van der Waals surface area contributed by atoms with Crippen LogP contribution in [0.1, 0.15) is 11.1 Å². The lowest BCUT2D eigenvalue weighted by molar-refractivity contribution is -0.385. The number of nitro groups is 1. The lowest BCUT2D eigenvalue weighted by atomic mass is 10.1. The van der Waals surface area contributed by atoms with E-state index in [-0.39, 0.29) is 10.6 Å². The minimum atomic E-state index is -0.384. The van der Waals surface area contributed by atoms with Gasteiger partial charge < -0.3 is 4.74 Å². The number of nitrogens with zero attached hydrogens (tertiary/aromatic N) is 1. The van der Waals surface area contributed by atoms with Gasteiger partial charge in [-0.15, -0.1) is 0 Å². The second-order valence-electron chi connectivity index (χ2n) is 3.93. The molecule has 96 valence electrons. The van der Waals surface area contributed by atoms with E-state index < -0.39 is 0 Å². The molecular weight excluding hydrogens is 242 g/mol. The molecule has 0 bridgehead atoms. The van der Waals surface area contributed by atoms with Crippen molar-refractivity contribution in [1.82, 2.24) is 0 Å². The van der Waals surface area contributed by atoms with E-state index in [1.165, 1.54) is 6.07 Å².